The number of benzene rings is 1. The fourth-order valence-corrected chi connectivity index (χ4v) is 5.15. The summed E-state index contributed by atoms with van der Waals surface area (Å²) in [5, 5.41) is 3.29. The molecule has 30 heavy (non-hydrogen) atoms. The maximum Gasteiger partial charge on any atom is 0.273 e. The second-order valence-electron chi connectivity index (χ2n) is 6.56. The second-order valence-corrected chi connectivity index (χ2v) is 9.44. The fourth-order valence-electron chi connectivity index (χ4n) is 2.87. The van der Waals surface area contributed by atoms with Gasteiger partial charge in [0.2, 0.25) is 15.9 Å². The highest BCUT2D eigenvalue weighted by Gasteiger charge is 2.26. The van der Waals surface area contributed by atoms with Gasteiger partial charge in [-0.2, -0.15) is 9.29 Å². The Morgan fingerprint density at radius 2 is 1.90 bits per heavy atom. The molecule has 11 heteroatoms. The van der Waals surface area contributed by atoms with Gasteiger partial charge in [-0.25, -0.2) is 8.42 Å². The number of sulfonamides is 1. The highest BCUT2D eigenvalue weighted by molar-refractivity contribution is 7.99. The van der Waals surface area contributed by atoms with E-state index in [-0.39, 0.29) is 28.7 Å². The van der Waals surface area contributed by atoms with Crippen molar-refractivity contribution >= 4 is 27.7 Å². The molecule has 1 amide bonds. The number of morpholine rings is 1. The zero-order valence-corrected chi connectivity index (χ0v) is 18.2. The van der Waals surface area contributed by atoms with Gasteiger partial charge in [-0.15, -0.1) is 0 Å². The van der Waals surface area contributed by atoms with Crippen LogP contribution in [-0.2, 0) is 32.6 Å². The van der Waals surface area contributed by atoms with Gasteiger partial charge in [0.05, 0.1) is 23.9 Å². The van der Waals surface area contributed by atoms with Crippen molar-refractivity contribution in [2.45, 2.75) is 30.1 Å². The quantitative estimate of drug-likeness (QED) is 0.463. The number of thioether (sulfide) groups is 1. The Balaban J connectivity index is 1.53. The summed E-state index contributed by atoms with van der Waals surface area (Å²) in [5.74, 6) is -0.0780. The number of carbonyl (C=O) groups is 1. The van der Waals surface area contributed by atoms with Crippen LogP contribution in [0.3, 0.4) is 0 Å². The van der Waals surface area contributed by atoms with E-state index in [1.165, 1.54) is 22.1 Å². The summed E-state index contributed by atoms with van der Waals surface area (Å²) in [4.78, 5) is 27.7. The van der Waals surface area contributed by atoms with Gasteiger partial charge in [0.25, 0.3) is 5.56 Å². The van der Waals surface area contributed by atoms with E-state index in [9.17, 15) is 18.0 Å². The summed E-state index contributed by atoms with van der Waals surface area (Å²) in [6.45, 7) is 4.35. The molecule has 0 spiro atoms. The van der Waals surface area contributed by atoms with Gasteiger partial charge in [-0.05, 0) is 24.6 Å². The van der Waals surface area contributed by atoms with Crippen LogP contribution in [-0.4, -0.2) is 60.2 Å². The minimum Gasteiger partial charge on any atom is -0.379 e. The van der Waals surface area contributed by atoms with E-state index in [1.807, 2.05) is 6.92 Å². The normalized spacial score (nSPS) is 15.1. The van der Waals surface area contributed by atoms with Gasteiger partial charge in [-0.1, -0.05) is 23.9 Å². The molecule has 1 aromatic carbocycles. The number of aromatic nitrogens is 2. The van der Waals surface area contributed by atoms with Crippen molar-refractivity contribution in [3.05, 3.63) is 52.4 Å². The molecule has 1 aliphatic rings. The number of nitrogens with one attached hydrogen (secondary N) is 1. The van der Waals surface area contributed by atoms with Crippen molar-refractivity contribution in [1.29, 1.82) is 0 Å². The smallest absolute Gasteiger partial charge is 0.273 e. The molecule has 0 bridgehead atoms. The van der Waals surface area contributed by atoms with Gasteiger partial charge in [0, 0.05) is 38.4 Å². The standard InChI is InChI=1S/C19H24N4O5S2/c1-2-22-8-7-17(24)21-19(22)29-14-18(25)20-13-15-3-5-16(6-4-15)30(26,27)23-9-11-28-12-10-23/h3-8H,2,9-14H2,1H3,(H,20,25). The maximum absolute atomic E-state index is 12.6. The van der Waals surface area contributed by atoms with Crippen LogP contribution in [0.15, 0.2) is 51.4 Å². The molecule has 0 atom stereocenters. The molecular formula is C19H24N4O5S2. The lowest BCUT2D eigenvalue weighted by Crippen LogP contribution is -2.40. The molecule has 2 aromatic rings. The predicted molar refractivity (Wildman–Crippen MR) is 113 cm³/mol. The average molecular weight is 453 g/mol. The molecule has 1 N–H and O–H groups in total. The zero-order chi connectivity index (χ0) is 21.6. The van der Waals surface area contributed by atoms with Gasteiger partial charge in [0.15, 0.2) is 5.16 Å². The molecule has 1 fully saturated rings. The Morgan fingerprint density at radius 3 is 2.57 bits per heavy atom. The molecule has 3 rings (SSSR count). The van der Waals surface area contributed by atoms with Crippen molar-refractivity contribution in [2.24, 2.45) is 0 Å². The molecule has 2 heterocycles. The van der Waals surface area contributed by atoms with Gasteiger partial charge >= 0.3 is 0 Å². The van der Waals surface area contributed by atoms with Gasteiger partial charge < -0.3 is 14.6 Å². The minimum absolute atomic E-state index is 0.125. The third kappa shape index (κ3) is 5.69. The zero-order valence-electron chi connectivity index (χ0n) is 16.6. The molecule has 0 radical (unpaired) electrons. The summed E-state index contributed by atoms with van der Waals surface area (Å²) >= 11 is 1.20. The molecule has 1 aromatic heterocycles. The number of hydrogen-bond acceptors (Lipinski definition) is 7. The van der Waals surface area contributed by atoms with Crippen LogP contribution in [0.25, 0.3) is 0 Å². The average Bonchev–Trinajstić information content (AvgIpc) is 2.77. The van der Waals surface area contributed by atoms with Gasteiger partial charge in [0.1, 0.15) is 0 Å². The summed E-state index contributed by atoms with van der Waals surface area (Å²) < 4.78 is 33.7. The molecular weight excluding hydrogens is 428 g/mol. The molecule has 9 nitrogen and oxygen atoms in total. The van der Waals surface area contributed by atoms with Crippen LogP contribution in [0.4, 0.5) is 0 Å². The van der Waals surface area contributed by atoms with Crippen LogP contribution < -0.4 is 10.9 Å². The van der Waals surface area contributed by atoms with Crippen LogP contribution in [0, 0.1) is 0 Å². The maximum atomic E-state index is 12.6. The van der Waals surface area contributed by atoms with E-state index < -0.39 is 10.0 Å². The van der Waals surface area contributed by atoms with Crippen LogP contribution in [0.5, 0.6) is 0 Å². The Morgan fingerprint density at radius 1 is 1.20 bits per heavy atom. The summed E-state index contributed by atoms with van der Waals surface area (Å²) in [7, 11) is -3.53. The number of ether oxygens (including phenoxy) is 1. The Hall–Kier alpha value is -2.21. The van der Waals surface area contributed by atoms with Crippen molar-refractivity contribution in [2.75, 3.05) is 32.1 Å². The first-order valence-electron chi connectivity index (χ1n) is 9.54. The Labute approximate surface area is 179 Å². The highest BCUT2D eigenvalue weighted by atomic mass is 32.2. The van der Waals surface area contributed by atoms with Crippen molar-refractivity contribution in [3.8, 4) is 0 Å². The third-order valence-corrected chi connectivity index (χ3v) is 7.45. The number of nitrogens with zero attached hydrogens (tertiary/aromatic N) is 3. The second kappa shape index (κ2) is 10.2. The summed E-state index contributed by atoms with van der Waals surface area (Å²) in [6.07, 6.45) is 1.65. The van der Waals surface area contributed by atoms with E-state index in [4.69, 9.17) is 4.74 Å². The van der Waals surface area contributed by atoms with E-state index in [2.05, 4.69) is 10.3 Å². The summed E-state index contributed by atoms with van der Waals surface area (Å²) in [6, 6.07) is 7.86. The largest absolute Gasteiger partial charge is 0.379 e. The molecule has 162 valence electrons. The van der Waals surface area contributed by atoms with Crippen LogP contribution in [0.1, 0.15) is 12.5 Å². The number of rotatable bonds is 8. The van der Waals surface area contributed by atoms with Gasteiger partial charge in [-0.3, -0.25) is 9.59 Å². The van der Waals surface area contributed by atoms with Crippen molar-refractivity contribution in [3.63, 3.8) is 0 Å². The molecule has 0 unspecified atom stereocenters. The number of carbonyl (C=O) groups excluding carboxylic acids is 1. The Kier molecular flexibility index (Phi) is 7.64. The SMILES string of the molecule is CCn1ccc(=O)nc1SCC(=O)NCc1ccc(S(=O)(=O)N2CCOCC2)cc1. The predicted octanol–water partition coefficient (Wildman–Crippen LogP) is 0.693. The van der Waals surface area contributed by atoms with E-state index in [1.54, 1.807) is 35.0 Å². The van der Waals surface area contributed by atoms with Crippen molar-refractivity contribution in [1.82, 2.24) is 19.2 Å². The van der Waals surface area contributed by atoms with Crippen molar-refractivity contribution < 1.29 is 17.9 Å². The molecule has 1 saturated heterocycles. The molecule has 0 aliphatic carbocycles. The lowest BCUT2D eigenvalue weighted by atomic mass is 10.2. The summed E-state index contributed by atoms with van der Waals surface area (Å²) in [5.41, 5.74) is 0.451. The fraction of sp³-hybridized carbons (Fsp3) is 0.421. The van der Waals surface area contributed by atoms with E-state index in [0.717, 1.165) is 5.56 Å². The first-order valence-corrected chi connectivity index (χ1v) is 12.0. The monoisotopic (exact) mass is 452 g/mol. The number of aryl methyl sites for hydroxylation is 1. The van der Waals surface area contributed by atoms with E-state index >= 15 is 0 Å². The molecule has 1 aliphatic heterocycles. The number of amides is 1. The van der Waals surface area contributed by atoms with E-state index in [0.29, 0.717) is 38.0 Å². The minimum atomic E-state index is -3.53. The van der Waals surface area contributed by atoms with Crippen LogP contribution >= 0.6 is 11.8 Å². The first-order chi connectivity index (χ1) is 14.4. The third-order valence-electron chi connectivity index (χ3n) is 4.54. The number of hydrogen-bond donors (Lipinski definition) is 1. The molecule has 0 saturated carbocycles. The first kappa shape index (κ1) is 22.5. The topological polar surface area (TPSA) is 111 Å². The van der Waals surface area contributed by atoms with Crippen LogP contribution in [0.2, 0.25) is 0 Å². The lowest BCUT2D eigenvalue weighted by molar-refractivity contribution is -0.118. The lowest BCUT2D eigenvalue weighted by Gasteiger charge is -2.26. The Bertz CT molecular complexity index is 1030. The highest BCUT2D eigenvalue weighted by Crippen LogP contribution is 2.18.